The maximum absolute atomic E-state index is 13.4. The van der Waals surface area contributed by atoms with Crippen molar-refractivity contribution < 1.29 is 9.50 Å². The van der Waals surface area contributed by atoms with Crippen molar-refractivity contribution in [2.24, 2.45) is 40.9 Å². The Hall–Kier alpha value is -1.23. The van der Waals surface area contributed by atoms with E-state index in [2.05, 4.69) is 23.7 Å². The summed E-state index contributed by atoms with van der Waals surface area (Å²) >= 11 is 0. The second kappa shape index (κ2) is 7.18. The number of fused-ring (bicyclic) bond motifs is 5. The van der Waals surface area contributed by atoms with E-state index in [9.17, 15) is 9.50 Å². The zero-order valence-electron chi connectivity index (χ0n) is 17.8. The molecule has 4 aliphatic rings. The smallest absolute Gasteiger partial charge is 0.118 e. The van der Waals surface area contributed by atoms with Gasteiger partial charge in [0.2, 0.25) is 0 Å². The molecule has 4 fully saturated rings. The summed E-state index contributed by atoms with van der Waals surface area (Å²) < 4.78 is 13.4. The van der Waals surface area contributed by atoms with Gasteiger partial charge < -0.3 is 5.11 Å². The third kappa shape index (κ3) is 3.19. The van der Waals surface area contributed by atoms with Crippen LogP contribution in [0.25, 0.3) is 0 Å². The summed E-state index contributed by atoms with van der Waals surface area (Å²) in [6.45, 7) is 7.18. The van der Waals surface area contributed by atoms with Gasteiger partial charge in [-0.1, -0.05) is 19.1 Å². The average molecular weight is 402 g/mol. The zero-order valence-corrected chi connectivity index (χ0v) is 17.8. The lowest BCUT2D eigenvalue weighted by molar-refractivity contribution is -0.110. The van der Waals surface area contributed by atoms with Crippen molar-refractivity contribution in [2.45, 2.75) is 76.9 Å². The summed E-state index contributed by atoms with van der Waals surface area (Å²) in [6, 6.07) is 0. The van der Waals surface area contributed by atoms with E-state index >= 15 is 0 Å². The standard InChI is InChI=1S/C24H36FN3O/c1-16(14-28-26-11-12-27-28)21-5-6-22-20-4-3-17-13-24(29,15-25)10-8-18(17)19(20)7-9-23(21,22)2/h11-12,17-22,29H,1,3-10,13-15H2,2H3/t17-,18+,19-,20-,21-,22+,23-,24+/m1/s1. The van der Waals surface area contributed by atoms with Crippen LogP contribution in [0, 0.1) is 40.9 Å². The van der Waals surface area contributed by atoms with Gasteiger partial charge in [0.15, 0.2) is 0 Å². The molecule has 0 unspecified atom stereocenters. The van der Waals surface area contributed by atoms with Crippen LogP contribution in [0.3, 0.4) is 0 Å². The number of rotatable bonds is 4. The molecule has 1 heterocycles. The van der Waals surface area contributed by atoms with Gasteiger partial charge in [0.1, 0.15) is 6.67 Å². The van der Waals surface area contributed by atoms with Crippen LogP contribution in [0.2, 0.25) is 0 Å². The SMILES string of the molecule is C=C(Cn1nccn1)[C@H]1CC[C@H]2[C@@H]3CC[C@@H]4C[C@](O)(CF)CC[C@@H]4[C@H]3CC[C@]12C. The molecule has 5 rings (SSSR count). The van der Waals surface area contributed by atoms with Gasteiger partial charge in [-0.15, -0.1) is 0 Å². The molecule has 4 saturated carbocycles. The zero-order chi connectivity index (χ0) is 20.2. The fourth-order valence-electron chi connectivity index (χ4n) is 8.37. The van der Waals surface area contributed by atoms with Crippen LogP contribution < -0.4 is 0 Å². The molecule has 4 nitrogen and oxygen atoms in total. The molecule has 0 aliphatic heterocycles. The molecule has 160 valence electrons. The fraction of sp³-hybridized carbons (Fsp3) is 0.833. The minimum atomic E-state index is -1.03. The summed E-state index contributed by atoms with van der Waals surface area (Å²) in [6.07, 6.45) is 13.5. The van der Waals surface area contributed by atoms with Crippen LogP contribution >= 0.6 is 0 Å². The van der Waals surface area contributed by atoms with E-state index in [0.717, 1.165) is 30.7 Å². The highest BCUT2D eigenvalue weighted by molar-refractivity contribution is 5.15. The van der Waals surface area contributed by atoms with Crippen molar-refractivity contribution in [2.75, 3.05) is 6.67 Å². The predicted octanol–water partition coefficient (Wildman–Crippen LogP) is 4.80. The van der Waals surface area contributed by atoms with Gasteiger partial charge >= 0.3 is 0 Å². The van der Waals surface area contributed by atoms with Crippen molar-refractivity contribution in [3.05, 3.63) is 24.5 Å². The number of nitrogens with zero attached hydrogens (tertiary/aromatic N) is 3. The number of aromatic nitrogens is 3. The second-order valence-electron chi connectivity index (χ2n) is 10.9. The van der Waals surface area contributed by atoms with Gasteiger partial charge in [-0.2, -0.15) is 15.0 Å². The first-order chi connectivity index (χ1) is 13.9. The van der Waals surface area contributed by atoms with Gasteiger partial charge in [-0.05, 0) is 98.7 Å². The maximum atomic E-state index is 13.4. The summed E-state index contributed by atoms with van der Waals surface area (Å²) in [5.74, 6) is 4.20. The molecular formula is C24H36FN3O. The van der Waals surface area contributed by atoms with E-state index in [4.69, 9.17) is 0 Å². The Balaban J connectivity index is 1.31. The van der Waals surface area contributed by atoms with E-state index in [1.54, 1.807) is 17.2 Å². The van der Waals surface area contributed by atoms with E-state index in [1.807, 2.05) is 0 Å². The summed E-state index contributed by atoms with van der Waals surface area (Å²) in [4.78, 5) is 1.77. The average Bonchev–Trinajstić information content (AvgIpc) is 3.34. The Morgan fingerprint density at radius 1 is 1.07 bits per heavy atom. The van der Waals surface area contributed by atoms with Crippen molar-refractivity contribution in [1.29, 1.82) is 0 Å². The molecule has 0 saturated heterocycles. The van der Waals surface area contributed by atoms with Crippen LogP contribution in [0.4, 0.5) is 4.39 Å². The highest BCUT2D eigenvalue weighted by atomic mass is 19.1. The van der Waals surface area contributed by atoms with E-state index in [-0.39, 0.29) is 0 Å². The lowest BCUT2D eigenvalue weighted by atomic mass is 9.48. The first-order valence-corrected chi connectivity index (χ1v) is 11.7. The molecule has 5 heteroatoms. The Kier molecular flexibility index (Phi) is 4.88. The first kappa shape index (κ1) is 19.7. The molecule has 1 aromatic rings. The predicted molar refractivity (Wildman–Crippen MR) is 111 cm³/mol. The van der Waals surface area contributed by atoms with Crippen LogP contribution in [0.1, 0.15) is 64.7 Å². The van der Waals surface area contributed by atoms with E-state index < -0.39 is 12.3 Å². The fourth-order valence-corrected chi connectivity index (χ4v) is 8.37. The molecule has 29 heavy (non-hydrogen) atoms. The number of allylic oxidation sites excluding steroid dienone is 1. The monoisotopic (exact) mass is 401 g/mol. The molecule has 8 atom stereocenters. The Morgan fingerprint density at radius 2 is 1.83 bits per heavy atom. The van der Waals surface area contributed by atoms with Gasteiger partial charge in [0.25, 0.3) is 0 Å². The van der Waals surface area contributed by atoms with Crippen LogP contribution in [-0.2, 0) is 6.54 Å². The van der Waals surface area contributed by atoms with Crippen LogP contribution in [-0.4, -0.2) is 32.4 Å². The van der Waals surface area contributed by atoms with Crippen LogP contribution in [0.15, 0.2) is 24.5 Å². The molecule has 0 bridgehead atoms. The number of halogens is 1. The third-order valence-electron chi connectivity index (χ3n) is 9.66. The maximum Gasteiger partial charge on any atom is 0.118 e. The highest BCUT2D eigenvalue weighted by Crippen LogP contribution is 2.65. The molecular weight excluding hydrogens is 365 g/mol. The van der Waals surface area contributed by atoms with E-state index in [0.29, 0.717) is 36.0 Å². The molecule has 1 N–H and O–H groups in total. The minimum Gasteiger partial charge on any atom is -0.387 e. The first-order valence-electron chi connectivity index (χ1n) is 11.7. The third-order valence-corrected chi connectivity index (χ3v) is 9.66. The second-order valence-corrected chi connectivity index (χ2v) is 10.9. The van der Waals surface area contributed by atoms with Crippen molar-refractivity contribution in [3.63, 3.8) is 0 Å². The Morgan fingerprint density at radius 3 is 2.59 bits per heavy atom. The summed E-state index contributed by atoms with van der Waals surface area (Å²) in [5.41, 5.74) is 0.615. The van der Waals surface area contributed by atoms with Crippen LogP contribution in [0.5, 0.6) is 0 Å². The highest BCUT2D eigenvalue weighted by Gasteiger charge is 2.58. The molecule has 0 spiro atoms. The number of hydrogen-bond donors (Lipinski definition) is 1. The van der Waals surface area contributed by atoms with Crippen molar-refractivity contribution >= 4 is 0 Å². The minimum absolute atomic E-state index is 0.354. The molecule has 0 amide bonds. The molecule has 1 aromatic heterocycles. The Bertz CT molecular complexity index is 751. The van der Waals surface area contributed by atoms with Gasteiger partial charge in [-0.25, -0.2) is 4.39 Å². The quantitative estimate of drug-likeness (QED) is 0.737. The topological polar surface area (TPSA) is 50.9 Å². The van der Waals surface area contributed by atoms with Gasteiger partial charge in [0, 0.05) is 0 Å². The number of hydrogen-bond acceptors (Lipinski definition) is 3. The molecule has 0 radical (unpaired) electrons. The summed E-state index contributed by atoms with van der Waals surface area (Å²) in [5, 5.41) is 19.1. The molecule has 0 aromatic carbocycles. The lowest BCUT2D eigenvalue weighted by Crippen LogP contribution is -2.51. The largest absolute Gasteiger partial charge is 0.387 e. The molecule has 4 aliphatic carbocycles. The number of aliphatic hydroxyl groups is 1. The van der Waals surface area contributed by atoms with E-state index in [1.165, 1.54) is 44.1 Å². The Labute approximate surface area is 174 Å². The van der Waals surface area contributed by atoms with Crippen molar-refractivity contribution in [3.8, 4) is 0 Å². The van der Waals surface area contributed by atoms with Gasteiger partial charge in [-0.3, -0.25) is 0 Å². The normalized spacial score (nSPS) is 46.6. The summed E-state index contributed by atoms with van der Waals surface area (Å²) in [7, 11) is 0. The van der Waals surface area contributed by atoms with Crippen molar-refractivity contribution in [1.82, 2.24) is 15.0 Å². The van der Waals surface area contributed by atoms with Gasteiger partial charge in [0.05, 0.1) is 24.5 Å². The lowest BCUT2D eigenvalue weighted by Gasteiger charge is -2.57. The number of alkyl halides is 1.